The fraction of sp³-hybridized carbons (Fsp3) is 0.632. The lowest BCUT2D eigenvalue weighted by molar-refractivity contribution is -0.388. The summed E-state index contributed by atoms with van der Waals surface area (Å²) in [6.07, 6.45) is 2.29. The molecule has 5 rings (SSSR count). The lowest BCUT2D eigenvalue weighted by Crippen LogP contribution is -2.47. The number of halogens is 3. The summed E-state index contributed by atoms with van der Waals surface area (Å²) in [4.78, 5) is 22.3. The number of amides is 1. The van der Waals surface area contributed by atoms with Gasteiger partial charge in [0.25, 0.3) is 5.69 Å². The number of anilines is 1. The molecule has 0 radical (unpaired) electrons. The van der Waals surface area contributed by atoms with Crippen molar-refractivity contribution in [3.8, 4) is 0 Å². The summed E-state index contributed by atoms with van der Waals surface area (Å²) in [5.74, 6) is 1.74. The summed E-state index contributed by atoms with van der Waals surface area (Å²) in [5.41, 5.74) is -2.43. The van der Waals surface area contributed by atoms with E-state index < -0.39 is 22.4 Å². The average Bonchev–Trinajstić information content (AvgIpc) is 2.51. The lowest BCUT2D eigenvalue weighted by Gasteiger charge is -2.56. The molecule has 4 aliphatic rings. The lowest BCUT2D eigenvalue weighted by atomic mass is 9.49. The molecule has 146 valence electrons. The third-order valence-electron chi connectivity index (χ3n) is 6.48. The number of nitro groups is 1. The fourth-order valence-electron chi connectivity index (χ4n) is 6.05. The standard InChI is InChI=1S/C19H21F3N2O3/c20-19(21,22)15-6-14(1-2-16(15)24(26)27)23-17(25)10-18-7-11-3-12(8-18)5-13(4-11)9-18/h1-2,6,11-13H,3-5,7-10H2,(H,23,25). The second kappa shape index (κ2) is 6.21. The van der Waals surface area contributed by atoms with Gasteiger partial charge in [-0.25, -0.2) is 0 Å². The first-order valence-corrected chi connectivity index (χ1v) is 9.29. The van der Waals surface area contributed by atoms with Crippen LogP contribution in [0.5, 0.6) is 0 Å². The molecular formula is C19H21F3N2O3. The first-order valence-electron chi connectivity index (χ1n) is 9.29. The monoisotopic (exact) mass is 382 g/mol. The van der Waals surface area contributed by atoms with Crippen LogP contribution >= 0.6 is 0 Å². The van der Waals surface area contributed by atoms with Gasteiger partial charge in [-0.15, -0.1) is 0 Å². The molecule has 1 amide bonds. The largest absolute Gasteiger partial charge is 0.423 e. The molecule has 4 saturated carbocycles. The predicted molar refractivity (Wildman–Crippen MR) is 92.0 cm³/mol. The molecule has 0 spiro atoms. The normalized spacial score (nSPS) is 31.7. The average molecular weight is 382 g/mol. The number of nitrogens with zero attached hydrogens (tertiary/aromatic N) is 1. The quantitative estimate of drug-likeness (QED) is 0.578. The smallest absolute Gasteiger partial charge is 0.326 e. The highest BCUT2D eigenvalue weighted by Crippen LogP contribution is 2.61. The minimum atomic E-state index is -4.86. The third kappa shape index (κ3) is 3.53. The molecular weight excluding hydrogens is 361 g/mol. The van der Waals surface area contributed by atoms with E-state index in [1.807, 2.05) is 0 Å². The van der Waals surface area contributed by atoms with Crippen LogP contribution in [0.3, 0.4) is 0 Å². The van der Waals surface area contributed by atoms with E-state index in [-0.39, 0.29) is 17.0 Å². The van der Waals surface area contributed by atoms with Crippen molar-refractivity contribution in [1.82, 2.24) is 0 Å². The van der Waals surface area contributed by atoms with E-state index >= 15 is 0 Å². The molecule has 4 aliphatic carbocycles. The number of carbonyl (C=O) groups excluding carboxylic acids is 1. The maximum absolute atomic E-state index is 13.1. The first kappa shape index (κ1) is 18.3. The molecule has 0 heterocycles. The highest BCUT2D eigenvalue weighted by atomic mass is 19.4. The molecule has 0 aromatic heterocycles. The minimum absolute atomic E-state index is 0.0214. The van der Waals surface area contributed by atoms with Crippen LogP contribution in [0.25, 0.3) is 0 Å². The molecule has 0 saturated heterocycles. The van der Waals surface area contributed by atoms with E-state index in [1.54, 1.807) is 0 Å². The van der Waals surface area contributed by atoms with Gasteiger partial charge in [0.15, 0.2) is 0 Å². The summed E-state index contributed by atoms with van der Waals surface area (Å²) < 4.78 is 39.3. The van der Waals surface area contributed by atoms with Gasteiger partial charge in [-0.05, 0) is 73.8 Å². The number of hydrogen-bond donors (Lipinski definition) is 1. The van der Waals surface area contributed by atoms with E-state index in [2.05, 4.69) is 5.32 Å². The Hall–Kier alpha value is -2.12. The Morgan fingerprint density at radius 3 is 2.19 bits per heavy atom. The van der Waals surface area contributed by atoms with Crippen LogP contribution in [0.15, 0.2) is 18.2 Å². The van der Waals surface area contributed by atoms with Gasteiger partial charge in [0, 0.05) is 18.2 Å². The molecule has 1 aromatic carbocycles. The molecule has 0 atom stereocenters. The Labute approximate surface area is 154 Å². The number of nitrogens with one attached hydrogen (secondary N) is 1. The Kier molecular flexibility index (Phi) is 4.20. The first-order chi connectivity index (χ1) is 12.6. The van der Waals surface area contributed by atoms with Crippen molar-refractivity contribution >= 4 is 17.3 Å². The zero-order chi connectivity index (χ0) is 19.4. The molecule has 1 aromatic rings. The van der Waals surface area contributed by atoms with Crippen molar-refractivity contribution < 1.29 is 22.9 Å². The summed E-state index contributed by atoms with van der Waals surface area (Å²) in [6.45, 7) is 0. The fourth-order valence-corrected chi connectivity index (χ4v) is 6.05. The summed E-state index contributed by atoms with van der Waals surface area (Å²) in [6, 6.07) is 2.60. The van der Waals surface area contributed by atoms with Crippen LogP contribution in [0.1, 0.15) is 50.5 Å². The molecule has 8 heteroatoms. The van der Waals surface area contributed by atoms with Crippen molar-refractivity contribution in [3.63, 3.8) is 0 Å². The van der Waals surface area contributed by atoms with Crippen molar-refractivity contribution in [1.29, 1.82) is 0 Å². The zero-order valence-corrected chi connectivity index (χ0v) is 14.7. The SMILES string of the molecule is O=C(CC12CC3CC(CC(C3)C1)C2)Nc1ccc([N+](=O)[O-])c(C(F)(F)F)c1. The van der Waals surface area contributed by atoms with E-state index in [0.717, 1.165) is 31.4 Å². The number of alkyl halides is 3. The van der Waals surface area contributed by atoms with Crippen LogP contribution in [0, 0.1) is 33.3 Å². The molecule has 4 fully saturated rings. The second-order valence-corrected chi connectivity index (χ2v) is 8.63. The molecule has 4 bridgehead atoms. The Balaban J connectivity index is 1.49. The van der Waals surface area contributed by atoms with E-state index in [0.29, 0.717) is 30.2 Å². The van der Waals surface area contributed by atoms with Gasteiger partial charge in [0.05, 0.1) is 4.92 Å². The summed E-state index contributed by atoms with van der Waals surface area (Å²) in [7, 11) is 0. The van der Waals surface area contributed by atoms with Gasteiger partial charge in [0.1, 0.15) is 5.56 Å². The van der Waals surface area contributed by atoms with Gasteiger partial charge >= 0.3 is 6.18 Å². The van der Waals surface area contributed by atoms with Gasteiger partial charge in [-0.3, -0.25) is 14.9 Å². The Bertz CT molecular complexity index is 756. The third-order valence-corrected chi connectivity index (χ3v) is 6.48. The number of benzene rings is 1. The number of nitro benzene ring substituents is 1. The van der Waals surface area contributed by atoms with E-state index in [9.17, 15) is 28.1 Å². The Morgan fingerprint density at radius 2 is 1.70 bits per heavy atom. The van der Waals surface area contributed by atoms with Gasteiger partial charge in [0.2, 0.25) is 5.91 Å². The minimum Gasteiger partial charge on any atom is -0.326 e. The Morgan fingerprint density at radius 1 is 1.15 bits per heavy atom. The maximum Gasteiger partial charge on any atom is 0.423 e. The summed E-state index contributed by atoms with van der Waals surface area (Å²) >= 11 is 0. The van der Waals surface area contributed by atoms with Crippen molar-refractivity contribution in [2.45, 2.75) is 51.1 Å². The van der Waals surface area contributed by atoms with Crippen molar-refractivity contribution in [2.75, 3.05) is 5.32 Å². The van der Waals surface area contributed by atoms with Crippen molar-refractivity contribution in [3.05, 3.63) is 33.9 Å². The molecule has 27 heavy (non-hydrogen) atoms. The van der Waals surface area contributed by atoms with Gasteiger partial charge in [-0.1, -0.05) is 0 Å². The van der Waals surface area contributed by atoms with Crippen LogP contribution in [0.2, 0.25) is 0 Å². The topological polar surface area (TPSA) is 72.2 Å². The predicted octanol–water partition coefficient (Wildman–Crippen LogP) is 5.16. The highest BCUT2D eigenvalue weighted by Gasteiger charge is 2.51. The number of hydrogen-bond acceptors (Lipinski definition) is 3. The van der Waals surface area contributed by atoms with Gasteiger partial charge in [-0.2, -0.15) is 13.2 Å². The molecule has 1 N–H and O–H groups in total. The highest BCUT2D eigenvalue weighted by molar-refractivity contribution is 5.91. The van der Waals surface area contributed by atoms with Crippen LogP contribution in [-0.4, -0.2) is 10.8 Å². The van der Waals surface area contributed by atoms with Crippen LogP contribution < -0.4 is 5.32 Å². The van der Waals surface area contributed by atoms with Crippen LogP contribution in [0.4, 0.5) is 24.5 Å². The summed E-state index contributed by atoms with van der Waals surface area (Å²) in [5, 5.41) is 13.4. The zero-order valence-electron chi connectivity index (χ0n) is 14.7. The number of rotatable bonds is 4. The van der Waals surface area contributed by atoms with Crippen LogP contribution in [-0.2, 0) is 11.0 Å². The molecule has 5 nitrogen and oxygen atoms in total. The van der Waals surface area contributed by atoms with Gasteiger partial charge < -0.3 is 5.32 Å². The maximum atomic E-state index is 13.1. The van der Waals surface area contributed by atoms with E-state index in [1.165, 1.54) is 19.3 Å². The van der Waals surface area contributed by atoms with Crippen molar-refractivity contribution in [2.24, 2.45) is 23.2 Å². The molecule has 0 aliphatic heterocycles. The second-order valence-electron chi connectivity index (χ2n) is 8.63. The molecule has 0 unspecified atom stereocenters. The van der Waals surface area contributed by atoms with E-state index in [4.69, 9.17) is 0 Å². The number of carbonyl (C=O) groups is 1.